The van der Waals surface area contributed by atoms with Crippen molar-refractivity contribution in [3.63, 3.8) is 0 Å². The van der Waals surface area contributed by atoms with Crippen molar-refractivity contribution in [1.82, 2.24) is 0 Å². The molecule has 0 unspecified atom stereocenters. The van der Waals surface area contributed by atoms with Crippen molar-refractivity contribution < 1.29 is 14.3 Å². The van der Waals surface area contributed by atoms with Crippen molar-refractivity contribution in [2.24, 2.45) is 0 Å². The maximum absolute atomic E-state index is 11.8. The molecule has 2 aromatic rings. The summed E-state index contributed by atoms with van der Waals surface area (Å²) in [5.41, 5.74) is 0.550. The number of hydrogen-bond donors (Lipinski definition) is 0. The summed E-state index contributed by atoms with van der Waals surface area (Å²) in [4.78, 5) is 11.8. The quantitative estimate of drug-likeness (QED) is 0.770. The second kappa shape index (κ2) is 6.59. The van der Waals surface area contributed by atoms with Crippen LogP contribution in [0, 0.1) is 0 Å². The third kappa shape index (κ3) is 4.14. The van der Waals surface area contributed by atoms with E-state index in [1.54, 1.807) is 12.1 Å². The Bertz CT molecular complexity index is 508. The van der Waals surface area contributed by atoms with Crippen LogP contribution in [-0.4, -0.2) is 18.7 Å². The average molecular weight is 256 g/mol. The van der Waals surface area contributed by atoms with E-state index in [1.165, 1.54) is 0 Å². The number of esters is 1. The zero-order valence-corrected chi connectivity index (χ0v) is 10.8. The molecule has 0 N–H and O–H groups in total. The molecule has 0 saturated carbocycles. The summed E-state index contributed by atoms with van der Waals surface area (Å²) in [5, 5.41) is 0. The molecule has 0 heterocycles. The van der Waals surface area contributed by atoms with Crippen LogP contribution in [0.2, 0.25) is 0 Å². The van der Waals surface area contributed by atoms with Crippen LogP contribution in [0.3, 0.4) is 0 Å². The van der Waals surface area contributed by atoms with Crippen LogP contribution >= 0.6 is 0 Å². The van der Waals surface area contributed by atoms with Gasteiger partial charge in [-0.15, -0.1) is 0 Å². The third-order valence-electron chi connectivity index (χ3n) is 2.55. The van der Waals surface area contributed by atoms with E-state index >= 15 is 0 Å². The lowest BCUT2D eigenvalue weighted by molar-refractivity contribution is 0.0228. The van der Waals surface area contributed by atoms with E-state index in [4.69, 9.17) is 9.47 Å². The minimum absolute atomic E-state index is 0.298. The smallest absolute Gasteiger partial charge is 0.338 e. The minimum atomic E-state index is -0.329. The highest BCUT2D eigenvalue weighted by atomic mass is 16.6. The maximum Gasteiger partial charge on any atom is 0.338 e. The van der Waals surface area contributed by atoms with Gasteiger partial charge in [0.2, 0.25) is 0 Å². The van der Waals surface area contributed by atoms with Crippen molar-refractivity contribution in [1.29, 1.82) is 0 Å². The van der Waals surface area contributed by atoms with Crippen molar-refractivity contribution in [3.05, 3.63) is 66.2 Å². The van der Waals surface area contributed by atoms with E-state index in [0.717, 1.165) is 5.75 Å². The van der Waals surface area contributed by atoms with Gasteiger partial charge >= 0.3 is 5.97 Å². The molecule has 0 radical (unpaired) electrons. The van der Waals surface area contributed by atoms with Gasteiger partial charge in [-0.05, 0) is 31.2 Å². The van der Waals surface area contributed by atoms with E-state index in [9.17, 15) is 4.79 Å². The molecule has 0 aliphatic rings. The fourth-order valence-corrected chi connectivity index (χ4v) is 1.59. The van der Waals surface area contributed by atoms with E-state index in [0.29, 0.717) is 12.2 Å². The fraction of sp³-hybridized carbons (Fsp3) is 0.188. The highest BCUT2D eigenvalue weighted by Gasteiger charge is 2.11. The SMILES string of the molecule is C[C@H](COc1ccccc1)OC(=O)c1ccccc1. The Morgan fingerprint density at radius 3 is 2.21 bits per heavy atom. The lowest BCUT2D eigenvalue weighted by atomic mass is 10.2. The van der Waals surface area contributed by atoms with Gasteiger partial charge in [-0.1, -0.05) is 36.4 Å². The monoisotopic (exact) mass is 256 g/mol. The van der Waals surface area contributed by atoms with Crippen LogP contribution in [0.1, 0.15) is 17.3 Å². The number of hydrogen-bond acceptors (Lipinski definition) is 3. The first-order chi connectivity index (χ1) is 9.25. The van der Waals surface area contributed by atoms with Gasteiger partial charge < -0.3 is 9.47 Å². The number of benzene rings is 2. The number of carbonyl (C=O) groups excluding carboxylic acids is 1. The van der Waals surface area contributed by atoms with Crippen LogP contribution in [0.15, 0.2) is 60.7 Å². The summed E-state index contributed by atoms with van der Waals surface area (Å²) in [6.07, 6.45) is -0.298. The van der Waals surface area contributed by atoms with Gasteiger partial charge in [0.1, 0.15) is 18.5 Å². The summed E-state index contributed by atoms with van der Waals surface area (Å²) in [6.45, 7) is 2.15. The van der Waals surface area contributed by atoms with E-state index in [1.807, 2.05) is 55.5 Å². The maximum atomic E-state index is 11.8. The molecule has 2 rings (SSSR count). The van der Waals surface area contributed by atoms with Crippen molar-refractivity contribution in [2.45, 2.75) is 13.0 Å². The number of rotatable bonds is 5. The molecule has 2 aromatic carbocycles. The normalized spacial score (nSPS) is 11.6. The van der Waals surface area contributed by atoms with Gasteiger partial charge in [-0.25, -0.2) is 4.79 Å². The summed E-state index contributed by atoms with van der Waals surface area (Å²) in [7, 11) is 0. The molecule has 0 aromatic heterocycles. The second-order valence-electron chi connectivity index (χ2n) is 4.21. The van der Waals surface area contributed by atoms with Crippen LogP contribution in [-0.2, 0) is 4.74 Å². The molecule has 0 saturated heterocycles. The first kappa shape index (κ1) is 13.1. The van der Waals surface area contributed by atoms with Crippen molar-refractivity contribution >= 4 is 5.97 Å². The Morgan fingerprint density at radius 2 is 1.58 bits per heavy atom. The van der Waals surface area contributed by atoms with Gasteiger partial charge in [0.25, 0.3) is 0 Å². The number of para-hydroxylation sites is 1. The van der Waals surface area contributed by atoms with Crippen molar-refractivity contribution in [2.75, 3.05) is 6.61 Å². The molecule has 98 valence electrons. The first-order valence-corrected chi connectivity index (χ1v) is 6.19. The van der Waals surface area contributed by atoms with Gasteiger partial charge in [0.05, 0.1) is 5.56 Å². The zero-order valence-electron chi connectivity index (χ0n) is 10.8. The zero-order chi connectivity index (χ0) is 13.5. The predicted molar refractivity (Wildman–Crippen MR) is 73.3 cm³/mol. The standard InChI is InChI=1S/C16H16O3/c1-13(12-18-15-10-6-3-7-11-15)19-16(17)14-8-4-2-5-9-14/h2-11,13H,12H2,1H3/t13-/m1/s1. The molecule has 0 aliphatic heterocycles. The Balaban J connectivity index is 1.81. The summed E-state index contributed by atoms with van der Waals surface area (Å²) in [5.74, 6) is 0.440. The molecule has 0 fully saturated rings. The summed E-state index contributed by atoms with van der Waals surface area (Å²) >= 11 is 0. The predicted octanol–water partition coefficient (Wildman–Crippen LogP) is 3.31. The van der Waals surface area contributed by atoms with Crippen LogP contribution < -0.4 is 4.74 Å². The second-order valence-corrected chi connectivity index (χ2v) is 4.21. The molecule has 0 aliphatic carbocycles. The minimum Gasteiger partial charge on any atom is -0.490 e. The molecular weight excluding hydrogens is 240 g/mol. The molecule has 3 nitrogen and oxygen atoms in total. The van der Waals surface area contributed by atoms with Gasteiger partial charge in [-0.3, -0.25) is 0 Å². The lowest BCUT2D eigenvalue weighted by Gasteiger charge is -2.14. The summed E-state index contributed by atoms with van der Waals surface area (Å²) < 4.78 is 10.8. The first-order valence-electron chi connectivity index (χ1n) is 6.19. The molecule has 0 bridgehead atoms. The Kier molecular flexibility index (Phi) is 4.56. The van der Waals surface area contributed by atoms with Crippen LogP contribution in [0.25, 0.3) is 0 Å². The molecular formula is C16H16O3. The third-order valence-corrected chi connectivity index (χ3v) is 2.55. The highest BCUT2D eigenvalue weighted by Crippen LogP contribution is 2.10. The average Bonchev–Trinajstić information content (AvgIpc) is 2.47. The number of carbonyl (C=O) groups is 1. The largest absolute Gasteiger partial charge is 0.490 e. The topological polar surface area (TPSA) is 35.5 Å². The van der Waals surface area contributed by atoms with Gasteiger partial charge in [-0.2, -0.15) is 0 Å². The molecule has 3 heteroatoms. The fourth-order valence-electron chi connectivity index (χ4n) is 1.59. The lowest BCUT2D eigenvalue weighted by Crippen LogP contribution is -2.22. The Hall–Kier alpha value is -2.29. The Morgan fingerprint density at radius 1 is 1.00 bits per heavy atom. The molecule has 19 heavy (non-hydrogen) atoms. The van der Waals surface area contributed by atoms with Crippen LogP contribution in [0.5, 0.6) is 5.75 Å². The molecule has 0 spiro atoms. The van der Waals surface area contributed by atoms with Crippen LogP contribution in [0.4, 0.5) is 0 Å². The van der Waals surface area contributed by atoms with Gasteiger partial charge in [0.15, 0.2) is 0 Å². The van der Waals surface area contributed by atoms with E-state index in [-0.39, 0.29) is 12.1 Å². The van der Waals surface area contributed by atoms with Crippen molar-refractivity contribution in [3.8, 4) is 5.75 Å². The number of ether oxygens (including phenoxy) is 2. The molecule has 1 atom stereocenters. The van der Waals surface area contributed by atoms with E-state index < -0.39 is 0 Å². The summed E-state index contributed by atoms with van der Waals surface area (Å²) in [6, 6.07) is 18.4. The van der Waals surface area contributed by atoms with Gasteiger partial charge in [0, 0.05) is 0 Å². The highest BCUT2D eigenvalue weighted by molar-refractivity contribution is 5.89. The Labute approximate surface area is 112 Å². The van der Waals surface area contributed by atoms with E-state index in [2.05, 4.69) is 0 Å². The molecule has 0 amide bonds.